The molecular weight excluding hydrogens is 216 g/mol. The van der Waals surface area contributed by atoms with Crippen LogP contribution < -0.4 is 10.1 Å². The van der Waals surface area contributed by atoms with Crippen molar-refractivity contribution in [1.82, 2.24) is 10.3 Å². The van der Waals surface area contributed by atoms with Gasteiger partial charge in [0.25, 0.3) is 0 Å². The summed E-state index contributed by atoms with van der Waals surface area (Å²) in [4.78, 5) is 4.18. The Hall–Kier alpha value is -1.13. The van der Waals surface area contributed by atoms with E-state index in [0.717, 1.165) is 31.7 Å². The molecule has 17 heavy (non-hydrogen) atoms. The molecule has 1 aliphatic rings. The zero-order chi connectivity index (χ0) is 12.1. The van der Waals surface area contributed by atoms with E-state index in [-0.39, 0.29) is 0 Å². The highest BCUT2D eigenvalue weighted by Gasteiger charge is 2.23. The van der Waals surface area contributed by atoms with Crippen LogP contribution in [0.3, 0.4) is 0 Å². The minimum absolute atomic E-state index is 0.373. The predicted octanol–water partition coefficient (Wildman–Crippen LogP) is 1.60. The fourth-order valence-corrected chi connectivity index (χ4v) is 2.18. The van der Waals surface area contributed by atoms with Crippen LogP contribution in [-0.4, -0.2) is 31.3 Å². The summed E-state index contributed by atoms with van der Waals surface area (Å²) in [6.45, 7) is 4.81. The highest BCUT2D eigenvalue weighted by Crippen LogP contribution is 2.20. The van der Waals surface area contributed by atoms with E-state index in [4.69, 9.17) is 9.47 Å². The second-order valence-corrected chi connectivity index (χ2v) is 4.43. The first-order valence-electron chi connectivity index (χ1n) is 6.11. The smallest absolute Gasteiger partial charge is 0.217 e. The van der Waals surface area contributed by atoms with Crippen LogP contribution in [-0.2, 0) is 11.3 Å². The number of nitrogens with one attached hydrogen (secondary N) is 1. The van der Waals surface area contributed by atoms with Gasteiger partial charge in [0.2, 0.25) is 5.88 Å². The number of ether oxygens (including phenoxy) is 2. The van der Waals surface area contributed by atoms with Crippen LogP contribution in [0.4, 0.5) is 0 Å². The van der Waals surface area contributed by atoms with E-state index >= 15 is 0 Å². The quantitative estimate of drug-likeness (QED) is 0.843. The van der Waals surface area contributed by atoms with Crippen LogP contribution in [0.1, 0.15) is 18.9 Å². The molecule has 2 atom stereocenters. The zero-order valence-electron chi connectivity index (χ0n) is 10.5. The SMILES string of the molecule is COc1ncccc1CNCC1CCOC1C. The lowest BCUT2D eigenvalue weighted by atomic mass is 10.0. The molecular formula is C13H20N2O2. The fraction of sp³-hybridized carbons (Fsp3) is 0.615. The van der Waals surface area contributed by atoms with Crippen molar-refractivity contribution in [3.63, 3.8) is 0 Å². The number of pyridine rings is 1. The lowest BCUT2D eigenvalue weighted by Gasteiger charge is -2.15. The number of rotatable bonds is 5. The Morgan fingerprint density at radius 2 is 2.47 bits per heavy atom. The van der Waals surface area contributed by atoms with Gasteiger partial charge in [0.15, 0.2) is 0 Å². The molecule has 4 nitrogen and oxygen atoms in total. The molecule has 0 amide bonds. The highest BCUT2D eigenvalue weighted by molar-refractivity contribution is 5.24. The molecule has 1 aromatic rings. The fourth-order valence-electron chi connectivity index (χ4n) is 2.18. The standard InChI is InChI=1S/C13H20N2O2/c1-10-11(5-7-17-10)8-14-9-12-4-3-6-15-13(12)16-2/h3-4,6,10-11,14H,5,7-9H2,1-2H3. The van der Waals surface area contributed by atoms with E-state index in [1.807, 2.05) is 12.1 Å². The van der Waals surface area contributed by atoms with Crippen molar-refractivity contribution in [3.8, 4) is 5.88 Å². The second-order valence-electron chi connectivity index (χ2n) is 4.43. The number of hydrogen-bond donors (Lipinski definition) is 1. The third-order valence-corrected chi connectivity index (χ3v) is 3.30. The molecule has 0 aromatic carbocycles. The van der Waals surface area contributed by atoms with Gasteiger partial charge in [-0.1, -0.05) is 6.07 Å². The molecule has 2 rings (SSSR count). The molecule has 0 saturated carbocycles. The normalized spacial score (nSPS) is 23.9. The summed E-state index contributed by atoms with van der Waals surface area (Å²) in [6, 6.07) is 3.97. The van der Waals surface area contributed by atoms with E-state index in [2.05, 4.69) is 17.2 Å². The van der Waals surface area contributed by atoms with Crippen molar-refractivity contribution in [1.29, 1.82) is 0 Å². The molecule has 0 radical (unpaired) electrons. The molecule has 2 heterocycles. The van der Waals surface area contributed by atoms with Gasteiger partial charge in [0, 0.05) is 31.5 Å². The van der Waals surface area contributed by atoms with Crippen LogP contribution in [0.25, 0.3) is 0 Å². The molecule has 1 saturated heterocycles. The first-order valence-corrected chi connectivity index (χ1v) is 6.11. The molecule has 1 fully saturated rings. The van der Waals surface area contributed by atoms with E-state index in [9.17, 15) is 0 Å². The van der Waals surface area contributed by atoms with Gasteiger partial charge in [0.05, 0.1) is 13.2 Å². The third kappa shape index (κ3) is 3.17. The lowest BCUT2D eigenvalue weighted by Crippen LogP contribution is -2.26. The van der Waals surface area contributed by atoms with Crippen molar-refractivity contribution in [3.05, 3.63) is 23.9 Å². The van der Waals surface area contributed by atoms with Crippen molar-refractivity contribution >= 4 is 0 Å². The van der Waals surface area contributed by atoms with Gasteiger partial charge in [-0.2, -0.15) is 0 Å². The van der Waals surface area contributed by atoms with E-state index < -0.39 is 0 Å². The zero-order valence-corrected chi connectivity index (χ0v) is 10.5. The monoisotopic (exact) mass is 236 g/mol. The molecule has 0 spiro atoms. The Morgan fingerprint density at radius 1 is 1.59 bits per heavy atom. The number of hydrogen-bond acceptors (Lipinski definition) is 4. The topological polar surface area (TPSA) is 43.4 Å². The number of aromatic nitrogens is 1. The Balaban J connectivity index is 1.81. The average molecular weight is 236 g/mol. The molecule has 1 aliphatic heterocycles. The van der Waals surface area contributed by atoms with Gasteiger partial charge in [-0.25, -0.2) is 4.98 Å². The second kappa shape index (κ2) is 5.98. The van der Waals surface area contributed by atoms with Crippen molar-refractivity contribution in [2.75, 3.05) is 20.3 Å². The first kappa shape index (κ1) is 12.3. The average Bonchev–Trinajstić information content (AvgIpc) is 2.76. The summed E-state index contributed by atoms with van der Waals surface area (Å²) < 4.78 is 10.7. The molecule has 94 valence electrons. The van der Waals surface area contributed by atoms with E-state index in [1.54, 1.807) is 13.3 Å². The predicted molar refractivity (Wildman–Crippen MR) is 66.0 cm³/mol. The van der Waals surface area contributed by atoms with E-state index in [1.165, 1.54) is 0 Å². The van der Waals surface area contributed by atoms with Crippen LogP contribution in [0.15, 0.2) is 18.3 Å². The summed E-state index contributed by atoms with van der Waals surface area (Å²) >= 11 is 0. The minimum atomic E-state index is 0.373. The van der Waals surface area contributed by atoms with Crippen molar-refractivity contribution in [2.45, 2.75) is 26.0 Å². The largest absolute Gasteiger partial charge is 0.481 e. The molecule has 0 aliphatic carbocycles. The van der Waals surface area contributed by atoms with Gasteiger partial charge in [-0.05, 0) is 25.3 Å². The van der Waals surface area contributed by atoms with Crippen molar-refractivity contribution in [2.24, 2.45) is 5.92 Å². The molecule has 0 bridgehead atoms. The van der Waals surface area contributed by atoms with Crippen LogP contribution >= 0.6 is 0 Å². The number of nitrogens with zero attached hydrogens (tertiary/aromatic N) is 1. The Labute approximate surface area is 102 Å². The van der Waals surface area contributed by atoms with E-state index in [0.29, 0.717) is 17.9 Å². The Bertz CT molecular complexity index is 357. The molecule has 2 unspecified atom stereocenters. The summed E-state index contributed by atoms with van der Waals surface area (Å²) in [5, 5.41) is 3.45. The lowest BCUT2D eigenvalue weighted by molar-refractivity contribution is 0.105. The van der Waals surface area contributed by atoms with Gasteiger partial charge >= 0.3 is 0 Å². The minimum Gasteiger partial charge on any atom is -0.481 e. The van der Waals surface area contributed by atoms with Crippen molar-refractivity contribution < 1.29 is 9.47 Å². The van der Waals surface area contributed by atoms with Gasteiger partial charge in [-0.15, -0.1) is 0 Å². The molecule has 1 N–H and O–H groups in total. The van der Waals surface area contributed by atoms with Crippen LogP contribution in [0.5, 0.6) is 5.88 Å². The maximum atomic E-state index is 5.54. The first-order chi connectivity index (χ1) is 8.31. The summed E-state index contributed by atoms with van der Waals surface area (Å²) in [7, 11) is 1.65. The van der Waals surface area contributed by atoms with Gasteiger partial charge < -0.3 is 14.8 Å². The van der Waals surface area contributed by atoms with Crippen LogP contribution in [0.2, 0.25) is 0 Å². The Morgan fingerprint density at radius 3 is 3.18 bits per heavy atom. The van der Waals surface area contributed by atoms with Crippen LogP contribution in [0, 0.1) is 5.92 Å². The summed E-state index contributed by atoms with van der Waals surface area (Å²) in [5.74, 6) is 1.33. The Kier molecular flexibility index (Phi) is 4.34. The maximum absolute atomic E-state index is 5.54. The molecule has 4 heteroatoms. The summed E-state index contributed by atoms with van der Waals surface area (Å²) in [5.41, 5.74) is 1.10. The maximum Gasteiger partial charge on any atom is 0.217 e. The van der Waals surface area contributed by atoms with Gasteiger partial charge in [0.1, 0.15) is 0 Å². The third-order valence-electron chi connectivity index (χ3n) is 3.30. The highest BCUT2D eigenvalue weighted by atomic mass is 16.5. The van der Waals surface area contributed by atoms with Gasteiger partial charge in [-0.3, -0.25) is 0 Å². The molecule has 1 aromatic heterocycles. The summed E-state index contributed by atoms with van der Waals surface area (Å²) in [6.07, 6.45) is 3.27. The number of methoxy groups -OCH3 is 1.